The first kappa shape index (κ1) is 16.3. The van der Waals surface area contributed by atoms with Crippen LogP contribution in [0, 0.1) is 0 Å². The summed E-state index contributed by atoms with van der Waals surface area (Å²) in [6.07, 6.45) is 3.85. The number of hydrogen-bond donors (Lipinski definition) is 1. The molecule has 1 fully saturated rings. The first-order valence-corrected chi connectivity index (χ1v) is 8.01. The molecule has 7 nitrogen and oxygen atoms in total. The highest BCUT2D eigenvalue weighted by molar-refractivity contribution is 5.88. The number of ether oxygens (including phenoxy) is 1. The van der Waals surface area contributed by atoms with E-state index in [2.05, 4.69) is 25.2 Å². The Labute approximate surface area is 141 Å². The van der Waals surface area contributed by atoms with Crippen LogP contribution in [0.3, 0.4) is 0 Å². The van der Waals surface area contributed by atoms with Crippen LogP contribution < -0.4 is 10.2 Å². The Hall–Kier alpha value is -2.54. The molecule has 1 atom stereocenters. The lowest BCUT2D eigenvalue weighted by Gasteiger charge is -2.25. The van der Waals surface area contributed by atoms with Gasteiger partial charge in [-0.15, -0.1) is 0 Å². The number of methoxy groups -OCH3 is 1. The molecule has 0 aromatic carbocycles. The van der Waals surface area contributed by atoms with E-state index in [4.69, 9.17) is 4.74 Å². The number of rotatable bonds is 5. The molecule has 1 aliphatic rings. The number of hydrogen-bond acceptors (Lipinski definition) is 6. The molecule has 2 aromatic rings. The van der Waals surface area contributed by atoms with E-state index in [0.717, 1.165) is 25.2 Å². The van der Waals surface area contributed by atoms with Crippen LogP contribution in [0.15, 0.2) is 30.5 Å². The third-order valence-electron chi connectivity index (χ3n) is 3.94. The summed E-state index contributed by atoms with van der Waals surface area (Å²) in [5.74, 6) is 1.60. The molecule has 0 radical (unpaired) electrons. The van der Waals surface area contributed by atoms with E-state index in [1.807, 2.05) is 24.3 Å². The second kappa shape index (κ2) is 7.35. The summed E-state index contributed by atoms with van der Waals surface area (Å²) in [6, 6.07) is 7.68. The molecular formula is C17H21N5O2. The smallest absolute Gasteiger partial charge is 0.222 e. The topological polar surface area (TPSA) is 80.2 Å². The number of nitrogens with one attached hydrogen (secondary N) is 1. The molecule has 0 spiro atoms. The van der Waals surface area contributed by atoms with Gasteiger partial charge < -0.3 is 15.0 Å². The number of aromatic nitrogens is 3. The van der Waals surface area contributed by atoms with Crippen molar-refractivity contribution in [2.24, 2.45) is 0 Å². The maximum Gasteiger partial charge on any atom is 0.222 e. The standard InChI is InChI=1S/C17H21N5O2/c1-12(23)19-15-10-16(22-9-5-6-13(22)11-24-2)21-17(20-15)14-7-3-4-8-18-14/h3-4,7-8,10,13H,5-6,9,11H2,1-2H3,(H,19,20,21,23)/t13-/m0/s1. The largest absolute Gasteiger partial charge is 0.383 e. The summed E-state index contributed by atoms with van der Waals surface area (Å²) in [4.78, 5) is 27.1. The molecule has 7 heteroatoms. The molecular weight excluding hydrogens is 306 g/mol. The summed E-state index contributed by atoms with van der Waals surface area (Å²) in [5.41, 5.74) is 0.674. The van der Waals surface area contributed by atoms with Gasteiger partial charge in [0.25, 0.3) is 0 Å². The summed E-state index contributed by atoms with van der Waals surface area (Å²) in [6.45, 7) is 3.02. The van der Waals surface area contributed by atoms with Crippen LogP contribution in [0.4, 0.5) is 11.6 Å². The molecule has 0 saturated carbocycles. The normalized spacial score (nSPS) is 17.1. The van der Waals surface area contributed by atoms with Crippen LogP contribution in [0.1, 0.15) is 19.8 Å². The van der Waals surface area contributed by atoms with Crippen molar-refractivity contribution in [1.82, 2.24) is 15.0 Å². The molecule has 126 valence electrons. The zero-order valence-corrected chi connectivity index (χ0v) is 13.9. The quantitative estimate of drug-likeness (QED) is 0.906. The van der Waals surface area contributed by atoms with Crippen LogP contribution in [0.2, 0.25) is 0 Å². The third-order valence-corrected chi connectivity index (χ3v) is 3.94. The van der Waals surface area contributed by atoms with Gasteiger partial charge in [0, 0.05) is 32.8 Å². The predicted molar refractivity (Wildman–Crippen MR) is 91.8 cm³/mol. The van der Waals surface area contributed by atoms with Gasteiger partial charge in [0.15, 0.2) is 5.82 Å². The fraction of sp³-hybridized carbons (Fsp3) is 0.412. The SMILES string of the molecule is COC[C@@H]1CCCN1c1cc(NC(C)=O)nc(-c2ccccn2)n1. The summed E-state index contributed by atoms with van der Waals surface area (Å²) < 4.78 is 5.32. The average molecular weight is 327 g/mol. The second-order valence-electron chi connectivity index (χ2n) is 5.78. The Kier molecular flexibility index (Phi) is 5.00. The first-order chi connectivity index (χ1) is 11.7. The van der Waals surface area contributed by atoms with Crippen molar-refractivity contribution >= 4 is 17.5 Å². The van der Waals surface area contributed by atoms with Gasteiger partial charge in [0.05, 0.1) is 12.6 Å². The molecule has 0 bridgehead atoms. The minimum atomic E-state index is -0.165. The highest BCUT2D eigenvalue weighted by Gasteiger charge is 2.26. The van der Waals surface area contributed by atoms with Gasteiger partial charge in [-0.2, -0.15) is 0 Å². The van der Waals surface area contributed by atoms with E-state index in [1.165, 1.54) is 6.92 Å². The first-order valence-electron chi connectivity index (χ1n) is 8.01. The number of carbonyl (C=O) groups excluding carboxylic acids is 1. The van der Waals surface area contributed by atoms with Gasteiger partial charge in [-0.1, -0.05) is 6.07 Å². The number of carbonyl (C=O) groups is 1. The molecule has 1 amide bonds. The zero-order valence-electron chi connectivity index (χ0n) is 13.9. The summed E-state index contributed by atoms with van der Waals surface area (Å²) >= 11 is 0. The van der Waals surface area contributed by atoms with Crippen molar-refractivity contribution in [3.63, 3.8) is 0 Å². The average Bonchev–Trinajstić information content (AvgIpc) is 3.03. The van der Waals surface area contributed by atoms with Crippen molar-refractivity contribution < 1.29 is 9.53 Å². The molecule has 1 aliphatic heterocycles. The number of amides is 1. The molecule has 3 heterocycles. The Morgan fingerprint density at radius 2 is 2.29 bits per heavy atom. The fourth-order valence-electron chi connectivity index (χ4n) is 2.94. The molecule has 1 N–H and O–H groups in total. The lowest BCUT2D eigenvalue weighted by molar-refractivity contribution is -0.114. The van der Waals surface area contributed by atoms with E-state index in [9.17, 15) is 4.79 Å². The van der Waals surface area contributed by atoms with Crippen molar-refractivity contribution in [2.75, 3.05) is 30.5 Å². The zero-order chi connectivity index (χ0) is 16.9. The maximum absolute atomic E-state index is 11.4. The van der Waals surface area contributed by atoms with Crippen LogP contribution in [0.5, 0.6) is 0 Å². The van der Waals surface area contributed by atoms with E-state index in [1.54, 1.807) is 13.3 Å². The Bertz CT molecular complexity index is 707. The number of nitrogens with zero attached hydrogens (tertiary/aromatic N) is 4. The minimum absolute atomic E-state index is 0.165. The Balaban J connectivity index is 2.00. The van der Waals surface area contributed by atoms with Gasteiger partial charge in [0.1, 0.15) is 17.3 Å². The lowest BCUT2D eigenvalue weighted by Crippen LogP contribution is -2.33. The number of anilines is 2. The van der Waals surface area contributed by atoms with E-state index >= 15 is 0 Å². The van der Waals surface area contributed by atoms with Crippen LogP contribution in [-0.2, 0) is 9.53 Å². The maximum atomic E-state index is 11.4. The number of pyridine rings is 1. The molecule has 3 rings (SSSR count). The van der Waals surface area contributed by atoms with Crippen molar-refractivity contribution in [3.8, 4) is 11.5 Å². The molecule has 24 heavy (non-hydrogen) atoms. The van der Waals surface area contributed by atoms with Gasteiger partial charge in [0.2, 0.25) is 5.91 Å². The van der Waals surface area contributed by atoms with Crippen molar-refractivity contribution in [1.29, 1.82) is 0 Å². The molecule has 0 unspecified atom stereocenters. The van der Waals surface area contributed by atoms with Gasteiger partial charge in [-0.05, 0) is 25.0 Å². The summed E-state index contributed by atoms with van der Waals surface area (Å²) in [5, 5.41) is 2.75. The minimum Gasteiger partial charge on any atom is -0.383 e. The summed E-state index contributed by atoms with van der Waals surface area (Å²) in [7, 11) is 1.71. The molecule has 0 aliphatic carbocycles. The van der Waals surface area contributed by atoms with E-state index in [-0.39, 0.29) is 11.9 Å². The van der Waals surface area contributed by atoms with Gasteiger partial charge in [-0.3, -0.25) is 9.78 Å². The second-order valence-corrected chi connectivity index (χ2v) is 5.78. The Morgan fingerprint density at radius 1 is 1.42 bits per heavy atom. The van der Waals surface area contributed by atoms with Crippen LogP contribution >= 0.6 is 0 Å². The van der Waals surface area contributed by atoms with Gasteiger partial charge in [-0.25, -0.2) is 9.97 Å². The van der Waals surface area contributed by atoms with E-state index < -0.39 is 0 Å². The predicted octanol–water partition coefficient (Wildman–Crippen LogP) is 2.11. The monoisotopic (exact) mass is 327 g/mol. The third kappa shape index (κ3) is 3.68. The fourth-order valence-corrected chi connectivity index (χ4v) is 2.94. The highest BCUT2D eigenvalue weighted by atomic mass is 16.5. The van der Waals surface area contributed by atoms with Crippen molar-refractivity contribution in [3.05, 3.63) is 30.5 Å². The highest BCUT2D eigenvalue weighted by Crippen LogP contribution is 2.27. The molecule has 1 saturated heterocycles. The van der Waals surface area contributed by atoms with Crippen LogP contribution in [-0.4, -0.2) is 47.2 Å². The molecule has 2 aromatic heterocycles. The van der Waals surface area contributed by atoms with E-state index in [0.29, 0.717) is 23.9 Å². The van der Waals surface area contributed by atoms with Gasteiger partial charge >= 0.3 is 0 Å². The lowest BCUT2D eigenvalue weighted by atomic mass is 10.2. The Morgan fingerprint density at radius 3 is 3.00 bits per heavy atom. The van der Waals surface area contributed by atoms with Crippen LogP contribution in [0.25, 0.3) is 11.5 Å². The van der Waals surface area contributed by atoms with Crippen molar-refractivity contribution in [2.45, 2.75) is 25.8 Å².